The van der Waals surface area contributed by atoms with Gasteiger partial charge in [0.1, 0.15) is 0 Å². The predicted octanol–water partition coefficient (Wildman–Crippen LogP) is 5.03. The monoisotopic (exact) mass is 218 g/mol. The molecule has 0 N–H and O–H groups in total. The minimum Gasteiger partial charge on any atom is -0.0699 e. The van der Waals surface area contributed by atoms with E-state index in [0.717, 1.165) is 5.92 Å². The van der Waals surface area contributed by atoms with E-state index in [1.54, 1.807) is 11.1 Å². The lowest BCUT2D eigenvalue weighted by atomic mass is 9.67. The van der Waals surface area contributed by atoms with E-state index in [-0.39, 0.29) is 0 Å². The second-order valence-corrected chi connectivity index (χ2v) is 6.76. The van der Waals surface area contributed by atoms with Crippen molar-refractivity contribution in [2.75, 3.05) is 0 Å². The molecule has 0 amide bonds. The van der Waals surface area contributed by atoms with Crippen LogP contribution in [0.25, 0.3) is 0 Å². The van der Waals surface area contributed by atoms with Crippen LogP contribution in [0.4, 0.5) is 0 Å². The molecule has 90 valence electrons. The summed E-state index contributed by atoms with van der Waals surface area (Å²) < 4.78 is 0. The minimum atomic E-state index is 0.525. The Morgan fingerprint density at radius 3 is 2.62 bits per heavy atom. The molecule has 2 aliphatic carbocycles. The van der Waals surface area contributed by atoms with Gasteiger partial charge in [-0.05, 0) is 62.2 Å². The highest BCUT2D eigenvalue weighted by Crippen LogP contribution is 2.45. The van der Waals surface area contributed by atoms with Crippen molar-refractivity contribution in [3.05, 3.63) is 17.6 Å². The lowest BCUT2D eigenvalue weighted by Crippen LogP contribution is -2.25. The molecule has 0 saturated heterocycles. The first-order valence-electron chi connectivity index (χ1n) is 6.92. The van der Waals surface area contributed by atoms with Gasteiger partial charge in [-0.3, -0.25) is 0 Å². The molecule has 0 spiro atoms. The fourth-order valence-electron chi connectivity index (χ4n) is 3.82. The second kappa shape index (κ2) is 4.55. The van der Waals surface area contributed by atoms with Crippen LogP contribution in [0, 0.1) is 23.7 Å². The molecule has 2 radical (unpaired) electrons. The Kier molecular flexibility index (Phi) is 3.47. The lowest BCUT2D eigenvalue weighted by Gasteiger charge is -2.38. The fraction of sp³-hybridized carbons (Fsp3) is 0.812. The van der Waals surface area contributed by atoms with Crippen LogP contribution in [0.5, 0.6) is 0 Å². The first-order valence-corrected chi connectivity index (χ1v) is 6.92. The Morgan fingerprint density at radius 1 is 1.25 bits per heavy atom. The Balaban J connectivity index is 2.20. The Labute approximate surface area is 102 Å². The summed E-state index contributed by atoms with van der Waals surface area (Å²) in [7, 11) is 0. The molecule has 2 unspecified atom stereocenters. The fourth-order valence-corrected chi connectivity index (χ4v) is 3.82. The topological polar surface area (TPSA) is 0 Å². The Bertz CT molecular complexity index is 282. The van der Waals surface area contributed by atoms with Gasteiger partial charge in [0.15, 0.2) is 0 Å². The van der Waals surface area contributed by atoms with E-state index in [1.807, 2.05) is 0 Å². The third kappa shape index (κ3) is 2.70. The van der Waals surface area contributed by atoms with Gasteiger partial charge >= 0.3 is 0 Å². The number of hydrogen-bond acceptors (Lipinski definition) is 0. The van der Waals surface area contributed by atoms with E-state index in [2.05, 4.69) is 34.1 Å². The van der Waals surface area contributed by atoms with Crippen molar-refractivity contribution >= 4 is 0 Å². The van der Waals surface area contributed by atoms with E-state index in [4.69, 9.17) is 0 Å². The van der Waals surface area contributed by atoms with Gasteiger partial charge in [-0.15, -0.1) is 0 Å². The number of hydrogen-bond donors (Lipinski definition) is 0. The van der Waals surface area contributed by atoms with Gasteiger partial charge in [0.25, 0.3) is 0 Å². The third-order valence-electron chi connectivity index (χ3n) is 4.24. The highest BCUT2D eigenvalue weighted by atomic mass is 14.4. The normalized spacial score (nSPS) is 39.8. The first-order chi connectivity index (χ1) is 7.48. The summed E-state index contributed by atoms with van der Waals surface area (Å²) in [5, 5.41) is 0. The highest BCUT2D eigenvalue weighted by Gasteiger charge is 2.31. The second-order valence-electron chi connectivity index (χ2n) is 6.76. The zero-order valence-corrected chi connectivity index (χ0v) is 11.4. The van der Waals surface area contributed by atoms with Gasteiger partial charge in [-0.25, -0.2) is 0 Å². The standard InChI is InChI=1S/C16H26/c1-12-9-14(11-16(3,4)10-12)15-8-6-5-7-13(15)2/h12-13H,5-6,8-11H2,1-4H3. The summed E-state index contributed by atoms with van der Waals surface area (Å²) in [6.07, 6.45) is 11.6. The van der Waals surface area contributed by atoms with Crippen LogP contribution in [-0.2, 0) is 0 Å². The van der Waals surface area contributed by atoms with E-state index < -0.39 is 0 Å². The highest BCUT2D eigenvalue weighted by molar-refractivity contribution is 5.24. The molecular formula is C16H26. The molecule has 2 aliphatic rings. The smallest absolute Gasteiger partial charge is 0.00987 e. The Hall–Kier alpha value is -0.260. The summed E-state index contributed by atoms with van der Waals surface area (Å²) >= 11 is 0. The van der Waals surface area contributed by atoms with Gasteiger partial charge in [0.2, 0.25) is 0 Å². The van der Waals surface area contributed by atoms with Crippen LogP contribution in [0.2, 0.25) is 0 Å². The number of rotatable bonds is 0. The van der Waals surface area contributed by atoms with Gasteiger partial charge in [-0.1, -0.05) is 38.8 Å². The van der Waals surface area contributed by atoms with E-state index in [1.165, 1.54) is 38.5 Å². The molecule has 0 heteroatoms. The zero-order valence-electron chi connectivity index (χ0n) is 11.4. The van der Waals surface area contributed by atoms with Crippen LogP contribution in [0.15, 0.2) is 11.1 Å². The Morgan fingerprint density at radius 2 is 2.00 bits per heavy atom. The van der Waals surface area contributed by atoms with Crippen LogP contribution in [-0.4, -0.2) is 0 Å². The van der Waals surface area contributed by atoms with Crippen LogP contribution >= 0.6 is 0 Å². The van der Waals surface area contributed by atoms with Crippen molar-refractivity contribution < 1.29 is 0 Å². The van der Waals surface area contributed by atoms with Crippen molar-refractivity contribution in [1.82, 2.24) is 0 Å². The molecule has 16 heavy (non-hydrogen) atoms. The predicted molar refractivity (Wildman–Crippen MR) is 70.1 cm³/mol. The molecular weight excluding hydrogens is 192 g/mol. The maximum absolute atomic E-state index is 3.61. The molecule has 2 atom stereocenters. The quantitative estimate of drug-likeness (QED) is 0.500. The van der Waals surface area contributed by atoms with E-state index in [0.29, 0.717) is 11.3 Å². The summed E-state index contributed by atoms with van der Waals surface area (Å²) in [5.74, 6) is 1.50. The van der Waals surface area contributed by atoms with Crippen molar-refractivity contribution in [2.45, 2.75) is 66.2 Å². The summed E-state index contributed by atoms with van der Waals surface area (Å²) in [4.78, 5) is 0. The minimum absolute atomic E-state index is 0.525. The van der Waals surface area contributed by atoms with Crippen molar-refractivity contribution in [1.29, 1.82) is 0 Å². The van der Waals surface area contributed by atoms with Crippen molar-refractivity contribution in [3.63, 3.8) is 0 Å². The van der Waals surface area contributed by atoms with E-state index >= 15 is 0 Å². The summed E-state index contributed by atoms with van der Waals surface area (Å²) in [6.45, 7) is 9.63. The maximum atomic E-state index is 3.61. The molecule has 0 aromatic heterocycles. The molecule has 0 aromatic carbocycles. The molecule has 2 saturated carbocycles. The average Bonchev–Trinajstić information content (AvgIpc) is 2.15. The lowest BCUT2D eigenvalue weighted by molar-refractivity contribution is 0.231. The van der Waals surface area contributed by atoms with E-state index in [9.17, 15) is 0 Å². The van der Waals surface area contributed by atoms with Crippen molar-refractivity contribution in [3.8, 4) is 0 Å². The summed E-state index contributed by atoms with van der Waals surface area (Å²) in [6, 6.07) is 0. The number of allylic oxidation sites excluding steroid dienone is 2. The van der Waals surface area contributed by atoms with Crippen molar-refractivity contribution in [2.24, 2.45) is 17.3 Å². The molecule has 0 bridgehead atoms. The van der Waals surface area contributed by atoms with Crippen LogP contribution < -0.4 is 0 Å². The third-order valence-corrected chi connectivity index (χ3v) is 4.24. The maximum Gasteiger partial charge on any atom is -0.00987 e. The molecule has 2 rings (SSSR count). The van der Waals surface area contributed by atoms with Gasteiger partial charge in [-0.2, -0.15) is 0 Å². The largest absolute Gasteiger partial charge is 0.0699 e. The molecule has 2 fully saturated rings. The molecule has 0 nitrogen and oxygen atoms in total. The van der Waals surface area contributed by atoms with Gasteiger partial charge < -0.3 is 0 Å². The van der Waals surface area contributed by atoms with Gasteiger partial charge in [0, 0.05) is 0 Å². The molecule has 0 aromatic rings. The molecule has 0 heterocycles. The SMILES string of the molecule is CC1CC(=C2CCC[C]C2C)CC(C)(C)C1. The summed E-state index contributed by atoms with van der Waals surface area (Å²) in [5.41, 5.74) is 4.05. The van der Waals surface area contributed by atoms with Crippen LogP contribution in [0.3, 0.4) is 0 Å². The molecule has 0 aliphatic heterocycles. The van der Waals surface area contributed by atoms with Crippen LogP contribution in [0.1, 0.15) is 66.2 Å². The first kappa shape index (κ1) is 12.2. The average molecular weight is 218 g/mol. The zero-order chi connectivity index (χ0) is 11.8. The van der Waals surface area contributed by atoms with Gasteiger partial charge in [0.05, 0.1) is 0 Å².